The van der Waals surface area contributed by atoms with E-state index in [1.54, 1.807) is 0 Å². The zero-order chi connectivity index (χ0) is 10.1. The number of carbonyl (C=O) groups excluding carboxylic acids is 1. The lowest BCUT2D eigenvalue weighted by atomic mass is 10.3. The molecule has 0 aliphatic heterocycles. The van der Waals surface area contributed by atoms with Crippen molar-refractivity contribution in [1.29, 1.82) is 0 Å². The molecule has 0 heterocycles. The molecule has 0 aliphatic rings. The summed E-state index contributed by atoms with van der Waals surface area (Å²) in [6, 6.07) is 0. The van der Waals surface area contributed by atoms with Gasteiger partial charge in [0.15, 0.2) is 0 Å². The molecule has 0 fully saturated rings. The summed E-state index contributed by atoms with van der Waals surface area (Å²) in [5.74, 6) is -0.652. The minimum atomic E-state index is -0.652. The third-order valence-corrected chi connectivity index (χ3v) is 1.57. The second kappa shape index (κ2) is 7.61. The summed E-state index contributed by atoms with van der Waals surface area (Å²) in [5.41, 5.74) is -0.114. The first kappa shape index (κ1) is 12.0. The van der Waals surface area contributed by atoms with Crippen LogP contribution in [0.1, 0.15) is 26.2 Å². The molecular weight excluding hydrogens is 172 g/mol. The fraction of sp³-hybridized carbons (Fsp3) is 0.667. The monoisotopic (exact) mass is 188 g/mol. The Morgan fingerprint density at radius 2 is 2.15 bits per heavy atom. The van der Waals surface area contributed by atoms with Crippen molar-refractivity contribution in [3.05, 3.63) is 11.8 Å². The van der Waals surface area contributed by atoms with Crippen LogP contribution in [0.25, 0.3) is 0 Å². The largest absolute Gasteiger partial charge is 0.515 e. The highest BCUT2D eigenvalue weighted by molar-refractivity contribution is 5.88. The standard InChI is InChI=1S/C9H16O4/c1-2-3-4-5-13-9(12)8(6-10)7-11/h6,10-11H,2-5,7H2,1H3. The lowest BCUT2D eigenvalue weighted by Gasteiger charge is -2.04. The molecule has 2 N–H and O–H groups in total. The molecule has 0 unspecified atom stereocenters. The van der Waals surface area contributed by atoms with Gasteiger partial charge in [-0.15, -0.1) is 0 Å². The maximum atomic E-state index is 11.0. The first-order valence-electron chi connectivity index (χ1n) is 4.37. The average Bonchev–Trinajstić information content (AvgIpc) is 2.14. The lowest BCUT2D eigenvalue weighted by molar-refractivity contribution is -0.139. The normalized spacial score (nSPS) is 11.4. The van der Waals surface area contributed by atoms with E-state index >= 15 is 0 Å². The van der Waals surface area contributed by atoms with Crippen molar-refractivity contribution in [2.24, 2.45) is 0 Å². The predicted octanol–water partition coefficient (Wildman–Crippen LogP) is 1.15. The van der Waals surface area contributed by atoms with Gasteiger partial charge in [-0.25, -0.2) is 4.79 Å². The third-order valence-electron chi connectivity index (χ3n) is 1.57. The van der Waals surface area contributed by atoms with Gasteiger partial charge >= 0.3 is 5.97 Å². The number of hydrogen-bond donors (Lipinski definition) is 2. The quantitative estimate of drug-likeness (QED) is 0.284. The Hall–Kier alpha value is -1.03. The molecule has 0 aromatic heterocycles. The molecule has 13 heavy (non-hydrogen) atoms. The Balaban J connectivity index is 3.61. The minimum Gasteiger partial charge on any atom is -0.515 e. The summed E-state index contributed by atoms with van der Waals surface area (Å²) >= 11 is 0. The van der Waals surface area contributed by atoms with Gasteiger partial charge in [0.25, 0.3) is 0 Å². The highest BCUT2D eigenvalue weighted by Crippen LogP contribution is 1.99. The molecule has 0 saturated heterocycles. The molecule has 0 aromatic carbocycles. The van der Waals surface area contributed by atoms with Gasteiger partial charge in [-0.2, -0.15) is 0 Å². The molecule has 4 nitrogen and oxygen atoms in total. The van der Waals surface area contributed by atoms with E-state index in [1.165, 1.54) is 0 Å². The van der Waals surface area contributed by atoms with Gasteiger partial charge < -0.3 is 14.9 Å². The number of aliphatic hydroxyl groups excluding tert-OH is 2. The summed E-state index contributed by atoms with van der Waals surface area (Å²) < 4.78 is 4.76. The zero-order valence-electron chi connectivity index (χ0n) is 7.82. The molecule has 0 radical (unpaired) electrons. The number of carbonyl (C=O) groups is 1. The Labute approximate surface area is 77.8 Å². The minimum absolute atomic E-state index is 0.114. The van der Waals surface area contributed by atoms with Gasteiger partial charge in [-0.05, 0) is 6.42 Å². The Morgan fingerprint density at radius 1 is 1.46 bits per heavy atom. The fourth-order valence-electron chi connectivity index (χ4n) is 0.768. The SMILES string of the molecule is CCCCCOC(=O)C(=CO)CO. The van der Waals surface area contributed by atoms with Gasteiger partial charge in [0.1, 0.15) is 0 Å². The van der Waals surface area contributed by atoms with Crippen LogP contribution in [0, 0.1) is 0 Å². The van der Waals surface area contributed by atoms with Crippen LogP contribution in [-0.4, -0.2) is 29.4 Å². The van der Waals surface area contributed by atoms with E-state index in [4.69, 9.17) is 14.9 Å². The van der Waals surface area contributed by atoms with Crippen LogP contribution in [0.2, 0.25) is 0 Å². The van der Waals surface area contributed by atoms with Gasteiger partial charge in [0.05, 0.1) is 25.0 Å². The van der Waals surface area contributed by atoms with Crippen LogP contribution in [0.5, 0.6) is 0 Å². The molecule has 76 valence electrons. The summed E-state index contributed by atoms with van der Waals surface area (Å²) in [5, 5.41) is 17.0. The van der Waals surface area contributed by atoms with E-state index in [0.717, 1.165) is 19.3 Å². The molecule has 0 aromatic rings. The van der Waals surface area contributed by atoms with Crippen molar-refractivity contribution in [3.63, 3.8) is 0 Å². The van der Waals surface area contributed by atoms with Gasteiger partial charge in [-0.3, -0.25) is 0 Å². The van der Waals surface area contributed by atoms with Crippen LogP contribution in [0.4, 0.5) is 0 Å². The molecule has 0 spiro atoms. The Morgan fingerprint density at radius 3 is 2.62 bits per heavy atom. The number of unbranched alkanes of at least 4 members (excludes halogenated alkanes) is 2. The van der Waals surface area contributed by atoms with Crippen molar-refractivity contribution in [2.75, 3.05) is 13.2 Å². The van der Waals surface area contributed by atoms with E-state index in [1.807, 2.05) is 0 Å². The van der Waals surface area contributed by atoms with Crippen molar-refractivity contribution in [1.82, 2.24) is 0 Å². The smallest absolute Gasteiger partial charge is 0.339 e. The molecule has 4 heteroatoms. The van der Waals surface area contributed by atoms with Crippen molar-refractivity contribution < 1.29 is 19.7 Å². The van der Waals surface area contributed by atoms with Crippen LogP contribution in [0.3, 0.4) is 0 Å². The van der Waals surface area contributed by atoms with Crippen LogP contribution in [0.15, 0.2) is 11.8 Å². The summed E-state index contributed by atoms with van der Waals surface area (Å²) in [4.78, 5) is 11.0. The molecule has 0 saturated carbocycles. The number of esters is 1. The highest BCUT2D eigenvalue weighted by atomic mass is 16.5. The van der Waals surface area contributed by atoms with Crippen LogP contribution in [-0.2, 0) is 9.53 Å². The highest BCUT2D eigenvalue weighted by Gasteiger charge is 2.08. The van der Waals surface area contributed by atoms with Crippen molar-refractivity contribution >= 4 is 5.97 Å². The van der Waals surface area contributed by atoms with E-state index in [0.29, 0.717) is 12.9 Å². The summed E-state index contributed by atoms with van der Waals surface area (Å²) in [7, 11) is 0. The molecule has 0 aliphatic carbocycles. The molecule has 0 bridgehead atoms. The van der Waals surface area contributed by atoms with Crippen LogP contribution >= 0.6 is 0 Å². The van der Waals surface area contributed by atoms with E-state index < -0.39 is 12.6 Å². The zero-order valence-corrected chi connectivity index (χ0v) is 7.82. The topological polar surface area (TPSA) is 66.8 Å². The molecule has 0 amide bonds. The second-order valence-corrected chi connectivity index (χ2v) is 2.66. The Bertz CT molecular complexity index is 174. The number of rotatable bonds is 6. The molecule has 0 rings (SSSR count). The first-order valence-corrected chi connectivity index (χ1v) is 4.37. The Kier molecular flexibility index (Phi) is 7.01. The van der Waals surface area contributed by atoms with E-state index in [-0.39, 0.29) is 5.57 Å². The molecule has 0 atom stereocenters. The summed E-state index contributed by atoms with van der Waals surface area (Å²) in [6.07, 6.45) is 3.44. The second-order valence-electron chi connectivity index (χ2n) is 2.66. The van der Waals surface area contributed by atoms with Crippen molar-refractivity contribution in [3.8, 4) is 0 Å². The van der Waals surface area contributed by atoms with Gasteiger partial charge in [0.2, 0.25) is 0 Å². The maximum absolute atomic E-state index is 11.0. The first-order chi connectivity index (χ1) is 6.26. The van der Waals surface area contributed by atoms with E-state index in [9.17, 15) is 4.79 Å². The number of aliphatic hydroxyl groups is 2. The lowest BCUT2D eigenvalue weighted by Crippen LogP contribution is -2.11. The third kappa shape index (κ3) is 5.25. The maximum Gasteiger partial charge on any atom is 0.339 e. The van der Waals surface area contributed by atoms with E-state index in [2.05, 4.69) is 6.92 Å². The van der Waals surface area contributed by atoms with Gasteiger partial charge in [-0.1, -0.05) is 19.8 Å². The summed E-state index contributed by atoms with van der Waals surface area (Å²) in [6.45, 7) is 1.89. The average molecular weight is 188 g/mol. The predicted molar refractivity (Wildman–Crippen MR) is 48.3 cm³/mol. The number of ether oxygens (including phenoxy) is 1. The van der Waals surface area contributed by atoms with Crippen molar-refractivity contribution in [2.45, 2.75) is 26.2 Å². The number of hydrogen-bond acceptors (Lipinski definition) is 4. The van der Waals surface area contributed by atoms with Gasteiger partial charge in [0, 0.05) is 0 Å². The molecular formula is C9H16O4. The van der Waals surface area contributed by atoms with Crippen LogP contribution < -0.4 is 0 Å². The fourth-order valence-corrected chi connectivity index (χ4v) is 0.768.